The van der Waals surface area contributed by atoms with Crippen molar-refractivity contribution < 1.29 is 17.6 Å². The molecule has 0 N–H and O–H groups in total. The third-order valence-corrected chi connectivity index (χ3v) is 2.55. The lowest BCUT2D eigenvalue weighted by molar-refractivity contribution is 0.424. The van der Waals surface area contributed by atoms with Crippen LogP contribution in [0.3, 0.4) is 0 Å². The van der Waals surface area contributed by atoms with Crippen LogP contribution in [-0.2, 0) is 0 Å². The number of rotatable bonds is 0. The fraction of sp³-hybridized carbons (Fsp3) is 0. The molecule has 0 aliphatic rings. The van der Waals surface area contributed by atoms with Gasteiger partial charge < -0.3 is 0 Å². The molecule has 0 amide bonds. The molecule has 0 spiro atoms. The molecular weight excluding hydrogens is 308 g/mol. The van der Waals surface area contributed by atoms with E-state index in [0.717, 1.165) is 0 Å². The first-order valence-electron chi connectivity index (χ1n) is 2.63. The summed E-state index contributed by atoms with van der Waals surface area (Å²) >= 11 is 4.86. The molecular formula is C6Br2F4. The Labute approximate surface area is 81.8 Å². The average Bonchev–Trinajstić information content (AvgIpc) is 2.08. The van der Waals surface area contributed by atoms with Crippen LogP contribution >= 0.6 is 31.9 Å². The van der Waals surface area contributed by atoms with Crippen molar-refractivity contribution in [3.05, 3.63) is 32.2 Å². The van der Waals surface area contributed by atoms with E-state index in [1.807, 2.05) is 0 Å². The highest BCUT2D eigenvalue weighted by Crippen LogP contribution is 2.31. The fourth-order valence-electron chi connectivity index (χ4n) is 0.578. The third-order valence-electron chi connectivity index (χ3n) is 1.16. The minimum atomic E-state index is -1.71. The van der Waals surface area contributed by atoms with E-state index in [-0.39, 0.29) is 0 Å². The van der Waals surface area contributed by atoms with Crippen LogP contribution in [0.1, 0.15) is 0 Å². The molecule has 0 unspecified atom stereocenters. The van der Waals surface area contributed by atoms with Gasteiger partial charge in [0.15, 0.2) is 23.3 Å². The molecule has 0 saturated carbocycles. The van der Waals surface area contributed by atoms with E-state index in [9.17, 15) is 17.6 Å². The van der Waals surface area contributed by atoms with Crippen molar-refractivity contribution in [3.8, 4) is 0 Å². The molecule has 6 heteroatoms. The van der Waals surface area contributed by atoms with Gasteiger partial charge in [0, 0.05) is 0 Å². The van der Waals surface area contributed by atoms with Crippen LogP contribution < -0.4 is 0 Å². The molecule has 0 fully saturated rings. The van der Waals surface area contributed by atoms with Crippen LogP contribution in [0.5, 0.6) is 0 Å². The van der Waals surface area contributed by atoms with Gasteiger partial charge in [0.05, 0.1) is 8.95 Å². The highest BCUT2D eigenvalue weighted by Gasteiger charge is 2.21. The normalized spacial score (nSPS) is 10.5. The van der Waals surface area contributed by atoms with Crippen LogP contribution in [0.2, 0.25) is 0 Å². The predicted octanol–water partition coefficient (Wildman–Crippen LogP) is 3.77. The molecule has 66 valence electrons. The van der Waals surface area contributed by atoms with Crippen molar-refractivity contribution >= 4 is 31.9 Å². The topological polar surface area (TPSA) is 0 Å². The van der Waals surface area contributed by atoms with Crippen LogP contribution in [0.25, 0.3) is 0 Å². The van der Waals surface area contributed by atoms with Crippen LogP contribution in [0.15, 0.2) is 8.95 Å². The quantitative estimate of drug-likeness (QED) is 0.389. The average molecular weight is 308 g/mol. The van der Waals surface area contributed by atoms with Crippen molar-refractivity contribution in [1.29, 1.82) is 0 Å². The fourth-order valence-corrected chi connectivity index (χ4v) is 1.59. The van der Waals surface area contributed by atoms with Crippen LogP contribution in [-0.4, -0.2) is 0 Å². The summed E-state index contributed by atoms with van der Waals surface area (Å²) in [6, 6.07) is 0. The Balaban J connectivity index is 3.60. The molecule has 0 radical (unpaired) electrons. The van der Waals surface area contributed by atoms with E-state index in [2.05, 4.69) is 31.9 Å². The van der Waals surface area contributed by atoms with Crippen LogP contribution in [0, 0.1) is 23.3 Å². The van der Waals surface area contributed by atoms with Gasteiger partial charge >= 0.3 is 0 Å². The zero-order valence-corrected chi connectivity index (χ0v) is 8.44. The van der Waals surface area contributed by atoms with Gasteiger partial charge in [-0.3, -0.25) is 0 Å². The summed E-state index contributed by atoms with van der Waals surface area (Å²) in [6.45, 7) is 0. The van der Waals surface area contributed by atoms with Gasteiger partial charge in [-0.05, 0) is 31.9 Å². The Morgan fingerprint density at radius 2 is 0.917 bits per heavy atom. The first kappa shape index (κ1) is 9.98. The van der Waals surface area contributed by atoms with E-state index in [1.165, 1.54) is 0 Å². The van der Waals surface area contributed by atoms with E-state index in [4.69, 9.17) is 0 Å². The van der Waals surface area contributed by atoms with Gasteiger partial charge in [0.1, 0.15) is 0 Å². The van der Waals surface area contributed by atoms with E-state index in [1.54, 1.807) is 0 Å². The maximum Gasteiger partial charge on any atom is 0.196 e. The zero-order valence-electron chi connectivity index (χ0n) is 5.27. The highest BCUT2D eigenvalue weighted by atomic mass is 79.9. The van der Waals surface area contributed by atoms with Gasteiger partial charge in [0.25, 0.3) is 0 Å². The molecule has 0 aliphatic carbocycles. The molecule has 1 aromatic carbocycles. The SMILES string of the molecule is Fc1c(F)c(Br)c(F)c(Br)c1F. The second-order valence-electron chi connectivity index (χ2n) is 1.88. The summed E-state index contributed by atoms with van der Waals surface area (Å²) in [5, 5.41) is 0. The Morgan fingerprint density at radius 1 is 0.583 bits per heavy atom. The minimum Gasteiger partial charge on any atom is -0.204 e. The second kappa shape index (κ2) is 3.33. The lowest BCUT2D eigenvalue weighted by Gasteiger charge is -2.02. The van der Waals surface area contributed by atoms with Gasteiger partial charge in [-0.15, -0.1) is 0 Å². The lowest BCUT2D eigenvalue weighted by Crippen LogP contribution is -1.97. The van der Waals surface area contributed by atoms with E-state index >= 15 is 0 Å². The van der Waals surface area contributed by atoms with E-state index < -0.39 is 32.2 Å². The Hall–Kier alpha value is -0.100. The molecule has 0 aliphatic heterocycles. The van der Waals surface area contributed by atoms with E-state index in [0.29, 0.717) is 0 Å². The number of hydrogen-bond donors (Lipinski definition) is 0. The summed E-state index contributed by atoms with van der Waals surface area (Å²) in [6.07, 6.45) is 0. The van der Waals surface area contributed by atoms with Crippen molar-refractivity contribution in [2.24, 2.45) is 0 Å². The van der Waals surface area contributed by atoms with Crippen LogP contribution in [0.4, 0.5) is 17.6 Å². The largest absolute Gasteiger partial charge is 0.204 e. The molecule has 0 nitrogen and oxygen atoms in total. The highest BCUT2D eigenvalue weighted by molar-refractivity contribution is 9.11. The molecule has 0 saturated heterocycles. The first-order chi connectivity index (χ1) is 5.46. The standard InChI is InChI=1S/C6Br2F4/c7-1-3(9)2(8)5(11)6(12)4(1)10. The third kappa shape index (κ3) is 1.37. The lowest BCUT2D eigenvalue weighted by atomic mass is 10.3. The summed E-state index contributed by atoms with van der Waals surface area (Å²) in [5.74, 6) is -6.07. The maximum atomic E-state index is 12.7. The molecule has 0 bridgehead atoms. The van der Waals surface area contributed by atoms with Crippen molar-refractivity contribution in [3.63, 3.8) is 0 Å². The molecule has 1 rings (SSSR count). The monoisotopic (exact) mass is 306 g/mol. The zero-order chi connectivity index (χ0) is 9.46. The summed E-state index contributed by atoms with van der Waals surface area (Å²) < 4.78 is 48.7. The Morgan fingerprint density at radius 3 is 1.25 bits per heavy atom. The Bertz CT molecular complexity index is 232. The first-order valence-corrected chi connectivity index (χ1v) is 4.22. The summed E-state index contributed by atoms with van der Waals surface area (Å²) in [5.41, 5.74) is 0. The van der Waals surface area contributed by atoms with Gasteiger partial charge in [-0.25, -0.2) is 17.6 Å². The van der Waals surface area contributed by atoms with Crippen molar-refractivity contribution in [1.82, 2.24) is 0 Å². The van der Waals surface area contributed by atoms with Gasteiger partial charge in [-0.1, -0.05) is 0 Å². The molecule has 12 heavy (non-hydrogen) atoms. The minimum absolute atomic E-state index is 0.728. The summed E-state index contributed by atoms with van der Waals surface area (Å²) in [4.78, 5) is 0. The summed E-state index contributed by atoms with van der Waals surface area (Å²) in [7, 11) is 0. The molecule has 0 heterocycles. The predicted molar refractivity (Wildman–Crippen MR) is 41.7 cm³/mol. The van der Waals surface area contributed by atoms with Crippen molar-refractivity contribution in [2.75, 3.05) is 0 Å². The second-order valence-corrected chi connectivity index (χ2v) is 3.47. The Kier molecular flexibility index (Phi) is 2.77. The number of halogens is 6. The molecule has 0 aromatic heterocycles. The maximum absolute atomic E-state index is 12.7. The molecule has 0 atom stereocenters. The van der Waals surface area contributed by atoms with Gasteiger partial charge in [0.2, 0.25) is 0 Å². The number of benzene rings is 1. The van der Waals surface area contributed by atoms with Crippen molar-refractivity contribution in [2.45, 2.75) is 0 Å². The van der Waals surface area contributed by atoms with Gasteiger partial charge in [-0.2, -0.15) is 0 Å². The molecule has 1 aromatic rings. The number of hydrogen-bond acceptors (Lipinski definition) is 0. The smallest absolute Gasteiger partial charge is 0.196 e.